The van der Waals surface area contributed by atoms with Crippen LogP contribution in [0, 0.1) is 11.7 Å². The fraction of sp³-hybridized carbons (Fsp3) is 0.533. The highest BCUT2D eigenvalue weighted by molar-refractivity contribution is 5.96. The molecule has 1 aliphatic heterocycles. The van der Waals surface area contributed by atoms with Crippen molar-refractivity contribution < 1.29 is 13.9 Å². The predicted octanol–water partition coefficient (Wildman–Crippen LogP) is 4.84. The summed E-state index contributed by atoms with van der Waals surface area (Å²) >= 11 is 0. The van der Waals surface area contributed by atoms with Gasteiger partial charge >= 0.3 is 0 Å². The van der Waals surface area contributed by atoms with Gasteiger partial charge in [-0.2, -0.15) is 0 Å². The van der Waals surface area contributed by atoms with Crippen molar-refractivity contribution in [3.63, 3.8) is 0 Å². The first-order valence-electron chi connectivity index (χ1n) is 14.0. The van der Waals surface area contributed by atoms with Crippen LogP contribution in [0.3, 0.4) is 0 Å². The summed E-state index contributed by atoms with van der Waals surface area (Å²) < 4.78 is 19.2. The van der Waals surface area contributed by atoms with E-state index in [0.29, 0.717) is 47.8 Å². The summed E-state index contributed by atoms with van der Waals surface area (Å²) in [5.74, 6) is 1.47. The van der Waals surface area contributed by atoms with Crippen molar-refractivity contribution in [3.8, 4) is 5.75 Å². The number of methoxy groups -OCH3 is 1. The molecular formula is C30H42FN5O2. The number of carbonyl (C=O) groups excluding carboxylic acids is 1. The summed E-state index contributed by atoms with van der Waals surface area (Å²) in [4.78, 5) is 20.3. The molecule has 0 spiro atoms. The maximum atomic E-state index is 14.2. The van der Waals surface area contributed by atoms with E-state index in [9.17, 15) is 9.18 Å². The molecule has 0 aromatic heterocycles. The minimum atomic E-state index is -0.330. The third kappa shape index (κ3) is 7.69. The van der Waals surface area contributed by atoms with Gasteiger partial charge in [0.05, 0.1) is 13.2 Å². The van der Waals surface area contributed by atoms with E-state index < -0.39 is 0 Å². The fourth-order valence-electron chi connectivity index (χ4n) is 5.24. The van der Waals surface area contributed by atoms with Crippen LogP contribution in [0.15, 0.2) is 47.5 Å². The lowest BCUT2D eigenvalue weighted by atomic mass is 9.98. The van der Waals surface area contributed by atoms with Crippen molar-refractivity contribution in [1.29, 1.82) is 0 Å². The van der Waals surface area contributed by atoms with Crippen molar-refractivity contribution in [1.82, 2.24) is 15.5 Å². The van der Waals surface area contributed by atoms with Crippen molar-refractivity contribution in [2.45, 2.75) is 64.5 Å². The second-order valence-electron chi connectivity index (χ2n) is 10.6. The number of hydrogen-bond donors (Lipinski definition) is 3. The van der Waals surface area contributed by atoms with Gasteiger partial charge in [0.15, 0.2) is 5.96 Å². The highest BCUT2D eigenvalue weighted by Crippen LogP contribution is 2.26. The molecule has 1 saturated carbocycles. The molecule has 0 unspecified atom stereocenters. The zero-order chi connectivity index (χ0) is 26.9. The third-order valence-electron chi connectivity index (χ3n) is 7.62. The summed E-state index contributed by atoms with van der Waals surface area (Å²) in [6.45, 7) is 7.62. The Morgan fingerprint density at radius 3 is 2.66 bits per heavy atom. The van der Waals surface area contributed by atoms with Gasteiger partial charge in [0.1, 0.15) is 11.6 Å². The topological polar surface area (TPSA) is 78.0 Å². The predicted molar refractivity (Wildman–Crippen MR) is 152 cm³/mol. The maximum absolute atomic E-state index is 14.2. The summed E-state index contributed by atoms with van der Waals surface area (Å²) in [7, 11) is 1.51. The average Bonchev–Trinajstić information content (AvgIpc) is 3.13. The van der Waals surface area contributed by atoms with Crippen LogP contribution in [0.5, 0.6) is 5.75 Å². The number of benzene rings is 2. The Kier molecular flexibility index (Phi) is 9.98. The van der Waals surface area contributed by atoms with Crippen molar-refractivity contribution in [2.24, 2.45) is 10.9 Å². The van der Waals surface area contributed by atoms with E-state index in [2.05, 4.69) is 34.7 Å². The average molecular weight is 524 g/mol. The highest BCUT2D eigenvalue weighted by Gasteiger charge is 2.24. The van der Waals surface area contributed by atoms with Crippen LogP contribution in [-0.2, 0) is 6.42 Å². The number of ether oxygens (including phenoxy) is 1. The van der Waals surface area contributed by atoms with Crippen LogP contribution < -0.4 is 20.7 Å². The minimum Gasteiger partial charge on any atom is -0.497 e. The zero-order valence-electron chi connectivity index (χ0n) is 22.9. The normalized spacial score (nSPS) is 22.5. The molecule has 2 aromatic rings. The minimum absolute atomic E-state index is 0.178. The number of hydrogen-bond acceptors (Lipinski definition) is 4. The van der Waals surface area contributed by atoms with E-state index >= 15 is 0 Å². The number of halogens is 1. The van der Waals surface area contributed by atoms with Gasteiger partial charge in [-0.3, -0.25) is 4.79 Å². The zero-order valence-corrected chi connectivity index (χ0v) is 22.9. The van der Waals surface area contributed by atoms with Gasteiger partial charge in [0, 0.05) is 49.5 Å². The van der Waals surface area contributed by atoms with Gasteiger partial charge in [-0.05, 0) is 68.0 Å². The Morgan fingerprint density at radius 1 is 1.13 bits per heavy atom. The van der Waals surface area contributed by atoms with Gasteiger partial charge in [-0.15, -0.1) is 0 Å². The molecule has 2 fully saturated rings. The lowest BCUT2D eigenvalue weighted by Gasteiger charge is -2.35. The van der Waals surface area contributed by atoms with Crippen molar-refractivity contribution in [3.05, 3.63) is 59.4 Å². The lowest BCUT2D eigenvalue weighted by molar-refractivity contribution is 0.0954. The second kappa shape index (κ2) is 13.6. The molecule has 38 heavy (non-hydrogen) atoms. The number of amides is 1. The number of rotatable bonds is 7. The third-order valence-corrected chi connectivity index (χ3v) is 7.62. The number of carbonyl (C=O) groups is 1. The van der Waals surface area contributed by atoms with Crippen molar-refractivity contribution >= 4 is 17.6 Å². The quantitative estimate of drug-likeness (QED) is 0.275. The van der Waals surface area contributed by atoms with E-state index in [1.54, 1.807) is 12.1 Å². The fourth-order valence-corrected chi connectivity index (χ4v) is 5.24. The van der Waals surface area contributed by atoms with Gasteiger partial charge in [-0.25, -0.2) is 9.38 Å². The van der Waals surface area contributed by atoms with Crippen LogP contribution in [-0.4, -0.2) is 62.1 Å². The molecule has 1 aliphatic carbocycles. The lowest BCUT2D eigenvalue weighted by Crippen LogP contribution is -2.53. The van der Waals surface area contributed by atoms with Crippen LogP contribution >= 0.6 is 0 Å². The molecule has 3 N–H and O–H groups in total. The maximum Gasteiger partial charge on any atom is 0.251 e. The first-order chi connectivity index (χ1) is 18.4. The van der Waals surface area contributed by atoms with E-state index in [0.717, 1.165) is 37.7 Å². The number of nitrogens with zero attached hydrogens (tertiary/aromatic N) is 2. The molecule has 2 aromatic carbocycles. The molecular weight excluding hydrogens is 481 g/mol. The highest BCUT2D eigenvalue weighted by atomic mass is 19.1. The van der Waals surface area contributed by atoms with Crippen LogP contribution in [0.1, 0.15) is 61.9 Å². The number of aliphatic imine (C=N–C) groups is 1. The second-order valence-corrected chi connectivity index (χ2v) is 10.6. The molecule has 0 bridgehead atoms. The summed E-state index contributed by atoms with van der Waals surface area (Å²) in [6, 6.07) is 13.0. The Hall–Kier alpha value is -3.13. The Balaban J connectivity index is 1.38. The molecule has 1 amide bonds. The molecule has 0 radical (unpaired) electrons. The van der Waals surface area contributed by atoms with Gasteiger partial charge < -0.3 is 25.6 Å². The molecule has 8 heteroatoms. The van der Waals surface area contributed by atoms with Crippen LogP contribution in [0.2, 0.25) is 0 Å². The van der Waals surface area contributed by atoms with Gasteiger partial charge in [0.25, 0.3) is 5.91 Å². The molecule has 2 aliphatic rings. The number of guanidine groups is 1. The van der Waals surface area contributed by atoms with Gasteiger partial charge in [0.2, 0.25) is 0 Å². The van der Waals surface area contributed by atoms with Crippen molar-refractivity contribution in [2.75, 3.05) is 38.6 Å². The molecule has 7 nitrogen and oxygen atoms in total. The monoisotopic (exact) mass is 523 g/mol. The summed E-state index contributed by atoms with van der Waals surface area (Å²) in [5.41, 5.74) is 2.02. The number of anilines is 1. The van der Waals surface area contributed by atoms with Gasteiger partial charge in [-0.1, -0.05) is 32.3 Å². The summed E-state index contributed by atoms with van der Waals surface area (Å²) in [6.07, 6.45) is 6.59. The molecule has 4 rings (SSSR count). The smallest absolute Gasteiger partial charge is 0.251 e. The molecule has 1 saturated heterocycles. The first kappa shape index (κ1) is 27.9. The summed E-state index contributed by atoms with van der Waals surface area (Å²) in [5, 5.41) is 9.97. The first-order valence-corrected chi connectivity index (χ1v) is 14.0. The molecule has 1 heterocycles. The van der Waals surface area contributed by atoms with E-state index in [-0.39, 0.29) is 11.7 Å². The standard InChI is InChI=1S/C30H42FN5O2/c1-21-7-5-4-6-8-28(21)35-30(36-18-17-32-22(2)20-36)34-25-12-9-24(10-13-25)29(37)33-16-15-23-11-14-26(38-3)19-27(23)31/h9-14,19,21-22,28,32H,4-8,15-18,20H2,1-3H3,(H,33,37)(H,34,35)/t21-,22-,28-/m0/s1. The van der Waals surface area contributed by atoms with E-state index in [1.807, 2.05) is 24.3 Å². The Morgan fingerprint density at radius 2 is 1.92 bits per heavy atom. The van der Waals surface area contributed by atoms with Crippen LogP contribution in [0.4, 0.5) is 10.1 Å². The molecule has 3 atom stereocenters. The number of nitrogens with one attached hydrogen (secondary N) is 3. The Bertz CT molecular complexity index is 1090. The Labute approximate surface area is 226 Å². The number of piperazine rings is 1. The van der Waals surface area contributed by atoms with E-state index in [4.69, 9.17) is 9.73 Å². The SMILES string of the molecule is COc1ccc(CCNC(=O)c2ccc(N/C(=N/[C@H]3CCCCC[C@@H]3C)N3CCN[C@@H](C)C3)cc2)c(F)c1. The molecule has 206 valence electrons. The largest absolute Gasteiger partial charge is 0.497 e. The van der Waals surface area contributed by atoms with E-state index in [1.165, 1.54) is 38.9 Å². The van der Waals surface area contributed by atoms with Crippen LogP contribution in [0.25, 0.3) is 0 Å².